The second-order valence-electron chi connectivity index (χ2n) is 5.56. The summed E-state index contributed by atoms with van der Waals surface area (Å²) in [4.78, 5) is 12.0. The van der Waals surface area contributed by atoms with Crippen LogP contribution in [-0.2, 0) is 11.3 Å². The van der Waals surface area contributed by atoms with Crippen LogP contribution in [0.2, 0.25) is 0 Å². The van der Waals surface area contributed by atoms with E-state index >= 15 is 0 Å². The Bertz CT molecular complexity index is 731. The van der Waals surface area contributed by atoms with Crippen LogP contribution in [0.15, 0.2) is 36.4 Å². The zero-order valence-corrected chi connectivity index (χ0v) is 14.7. The van der Waals surface area contributed by atoms with E-state index in [0.29, 0.717) is 48.5 Å². The average Bonchev–Trinajstić information content (AvgIpc) is 2.70. The summed E-state index contributed by atoms with van der Waals surface area (Å²) < 4.78 is 26.9. The van der Waals surface area contributed by atoms with Gasteiger partial charge in [0.25, 0.3) is 5.91 Å². The Balaban J connectivity index is 1.50. The highest BCUT2D eigenvalue weighted by Crippen LogP contribution is 2.33. The molecule has 0 saturated carbocycles. The summed E-state index contributed by atoms with van der Waals surface area (Å²) in [6, 6.07) is 10.7. The molecule has 138 valence electrons. The minimum Gasteiger partial charge on any atom is -0.493 e. The number of ether oxygens (including phenoxy) is 5. The van der Waals surface area contributed by atoms with Crippen LogP contribution >= 0.6 is 0 Å². The summed E-state index contributed by atoms with van der Waals surface area (Å²) in [7, 11) is 3.15. The lowest BCUT2D eigenvalue weighted by molar-refractivity contribution is -0.123. The van der Waals surface area contributed by atoms with Gasteiger partial charge >= 0.3 is 0 Å². The van der Waals surface area contributed by atoms with Gasteiger partial charge in [-0.1, -0.05) is 6.07 Å². The number of methoxy groups -OCH3 is 2. The quantitative estimate of drug-likeness (QED) is 0.817. The lowest BCUT2D eigenvalue weighted by Crippen LogP contribution is -2.28. The fourth-order valence-electron chi connectivity index (χ4n) is 2.50. The summed E-state index contributed by atoms with van der Waals surface area (Å²) in [6.07, 6.45) is 0. The van der Waals surface area contributed by atoms with Crippen molar-refractivity contribution in [3.8, 4) is 28.7 Å². The first kappa shape index (κ1) is 17.7. The topological polar surface area (TPSA) is 75.3 Å². The van der Waals surface area contributed by atoms with E-state index in [-0.39, 0.29) is 12.5 Å². The summed E-state index contributed by atoms with van der Waals surface area (Å²) in [6.45, 7) is 1.31. The molecule has 1 N–H and O–H groups in total. The van der Waals surface area contributed by atoms with E-state index in [4.69, 9.17) is 23.7 Å². The molecule has 1 aliphatic heterocycles. The number of carbonyl (C=O) groups excluding carboxylic acids is 1. The lowest BCUT2D eigenvalue weighted by atomic mass is 10.2. The zero-order valence-electron chi connectivity index (χ0n) is 14.7. The highest BCUT2D eigenvalue weighted by Gasteiger charge is 2.13. The molecule has 0 fully saturated rings. The second kappa shape index (κ2) is 8.33. The third-order valence-corrected chi connectivity index (χ3v) is 3.82. The smallest absolute Gasteiger partial charge is 0.258 e. The highest BCUT2D eigenvalue weighted by atomic mass is 16.6. The van der Waals surface area contributed by atoms with E-state index < -0.39 is 0 Å². The summed E-state index contributed by atoms with van der Waals surface area (Å²) >= 11 is 0. The van der Waals surface area contributed by atoms with Crippen LogP contribution in [0.4, 0.5) is 0 Å². The van der Waals surface area contributed by atoms with Crippen LogP contribution in [-0.4, -0.2) is 39.9 Å². The second-order valence-corrected chi connectivity index (χ2v) is 5.56. The molecule has 0 bridgehead atoms. The largest absolute Gasteiger partial charge is 0.493 e. The molecule has 26 heavy (non-hydrogen) atoms. The van der Waals surface area contributed by atoms with Crippen molar-refractivity contribution in [2.24, 2.45) is 0 Å². The molecule has 0 atom stereocenters. The molecule has 0 aromatic heterocycles. The van der Waals surface area contributed by atoms with Gasteiger partial charge in [-0.05, 0) is 29.8 Å². The van der Waals surface area contributed by atoms with Gasteiger partial charge in [-0.15, -0.1) is 0 Å². The Morgan fingerprint density at radius 3 is 2.54 bits per heavy atom. The first-order chi connectivity index (χ1) is 12.7. The third kappa shape index (κ3) is 4.30. The van der Waals surface area contributed by atoms with E-state index in [2.05, 4.69) is 5.32 Å². The van der Waals surface area contributed by atoms with E-state index in [1.807, 2.05) is 12.1 Å². The molecule has 1 amide bonds. The molecular formula is C19H21NO6. The third-order valence-electron chi connectivity index (χ3n) is 3.82. The Morgan fingerprint density at radius 1 is 1.00 bits per heavy atom. The van der Waals surface area contributed by atoms with Crippen molar-refractivity contribution < 1.29 is 28.5 Å². The van der Waals surface area contributed by atoms with Crippen molar-refractivity contribution in [2.75, 3.05) is 34.0 Å². The predicted molar refractivity (Wildman–Crippen MR) is 94.3 cm³/mol. The van der Waals surface area contributed by atoms with Crippen LogP contribution in [0, 0.1) is 0 Å². The Kier molecular flexibility index (Phi) is 5.68. The van der Waals surface area contributed by atoms with Gasteiger partial charge in [0.15, 0.2) is 29.6 Å². The van der Waals surface area contributed by atoms with Gasteiger partial charge in [0.1, 0.15) is 19.0 Å². The van der Waals surface area contributed by atoms with Crippen molar-refractivity contribution in [3.05, 3.63) is 42.0 Å². The van der Waals surface area contributed by atoms with Gasteiger partial charge in [0.2, 0.25) is 0 Å². The molecule has 7 heteroatoms. The van der Waals surface area contributed by atoms with Crippen LogP contribution in [0.3, 0.4) is 0 Å². The Hall–Kier alpha value is -3.09. The molecule has 0 spiro atoms. The fraction of sp³-hybridized carbons (Fsp3) is 0.316. The summed E-state index contributed by atoms with van der Waals surface area (Å²) in [5.74, 6) is 2.89. The monoisotopic (exact) mass is 359 g/mol. The van der Waals surface area contributed by atoms with Gasteiger partial charge in [-0.2, -0.15) is 0 Å². The molecular weight excluding hydrogens is 338 g/mol. The van der Waals surface area contributed by atoms with Gasteiger partial charge in [0, 0.05) is 12.6 Å². The van der Waals surface area contributed by atoms with Gasteiger partial charge in [-0.3, -0.25) is 4.79 Å². The van der Waals surface area contributed by atoms with Crippen molar-refractivity contribution in [1.82, 2.24) is 5.32 Å². The van der Waals surface area contributed by atoms with Crippen molar-refractivity contribution >= 4 is 5.91 Å². The maximum Gasteiger partial charge on any atom is 0.258 e. The van der Waals surface area contributed by atoms with E-state index in [9.17, 15) is 4.79 Å². The molecule has 1 aliphatic rings. The fourth-order valence-corrected chi connectivity index (χ4v) is 2.50. The molecule has 0 unspecified atom stereocenters. The van der Waals surface area contributed by atoms with Crippen LogP contribution in [0.1, 0.15) is 5.56 Å². The van der Waals surface area contributed by atoms with E-state index in [1.165, 1.54) is 0 Å². The zero-order chi connectivity index (χ0) is 18.4. The first-order valence-corrected chi connectivity index (χ1v) is 8.19. The molecule has 0 radical (unpaired) electrons. The molecule has 2 aromatic carbocycles. The molecule has 0 aliphatic carbocycles. The standard InChI is InChI=1S/C19H21NO6/c1-22-15-5-3-13(9-17(15)23-2)11-20-19(21)12-26-14-4-6-16-18(10-14)25-8-7-24-16/h3-6,9-10H,7-8,11-12H2,1-2H3,(H,20,21). The van der Waals surface area contributed by atoms with Gasteiger partial charge in [0.05, 0.1) is 14.2 Å². The maximum absolute atomic E-state index is 12.0. The van der Waals surface area contributed by atoms with Gasteiger partial charge < -0.3 is 29.0 Å². The maximum atomic E-state index is 12.0. The number of hydrogen-bond acceptors (Lipinski definition) is 6. The molecule has 0 saturated heterocycles. The molecule has 7 nitrogen and oxygen atoms in total. The minimum absolute atomic E-state index is 0.0903. The molecule has 2 aromatic rings. The van der Waals surface area contributed by atoms with Crippen molar-refractivity contribution in [2.45, 2.75) is 6.54 Å². The number of benzene rings is 2. The summed E-state index contributed by atoms with van der Waals surface area (Å²) in [5.41, 5.74) is 0.898. The number of amides is 1. The van der Waals surface area contributed by atoms with Crippen LogP contribution < -0.4 is 29.0 Å². The first-order valence-electron chi connectivity index (χ1n) is 8.19. The highest BCUT2D eigenvalue weighted by molar-refractivity contribution is 5.77. The van der Waals surface area contributed by atoms with Crippen molar-refractivity contribution in [1.29, 1.82) is 0 Å². The number of fused-ring (bicyclic) bond motifs is 1. The number of carbonyl (C=O) groups is 1. The van der Waals surface area contributed by atoms with Crippen LogP contribution in [0.25, 0.3) is 0 Å². The number of hydrogen-bond donors (Lipinski definition) is 1. The van der Waals surface area contributed by atoms with E-state index in [0.717, 1.165) is 5.56 Å². The van der Waals surface area contributed by atoms with Crippen molar-refractivity contribution in [3.63, 3.8) is 0 Å². The van der Waals surface area contributed by atoms with Crippen LogP contribution in [0.5, 0.6) is 28.7 Å². The lowest BCUT2D eigenvalue weighted by Gasteiger charge is -2.18. The number of rotatable bonds is 7. The Labute approximate surface area is 151 Å². The molecule has 3 rings (SSSR count). The normalized spacial score (nSPS) is 12.2. The average molecular weight is 359 g/mol. The Morgan fingerprint density at radius 2 is 1.77 bits per heavy atom. The minimum atomic E-state index is -0.227. The van der Waals surface area contributed by atoms with E-state index in [1.54, 1.807) is 38.5 Å². The predicted octanol–water partition coefficient (Wildman–Crippen LogP) is 2.17. The summed E-state index contributed by atoms with van der Waals surface area (Å²) in [5, 5.41) is 2.80. The number of nitrogens with one attached hydrogen (secondary N) is 1. The van der Waals surface area contributed by atoms with Gasteiger partial charge in [-0.25, -0.2) is 0 Å². The molecule has 1 heterocycles. The SMILES string of the molecule is COc1ccc(CNC(=O)COc2ccc3c(c2)OCCO3)cc1OC.